The van der Waals surface area contributed by atoms with Gasteiger partial charge in [-0.25, -0.2) is 0 Å². The highest BCUT2D eigenvalue weighted by molar-refractivity contribution is 5.95. The lowest BCUT2D eigenvalue weighted by molar-refractivity contribution is -0.142. The number of carbonyl (C=O) groups excluding carboxylic acids is 1. The van der Waals surface area contributed by atoms with E-state index < -0.39 is 12.7 Å². The van der Waals surface area contributed by atoms with Gasteiger partial charge in [-0.05, 0) is 44.0 Å². The zero-order valence-corrected chi connectivity index (χ0v) is 19.1. The number of anilines is 1. The molecule has 7 nitrogen and oxygen atoms in total. The van der Waals surface area contributed by atoms with E-state index in [1.165, 1.54) is 18.6 Å². The van der Waals surface area contributed by atoms with Crippen LogP contribution in [-0.2, 0) is 13.1 Å². The Morgan fingerprint density at radius 2 is 2.09 bits per heavy atom. The van der Waals surface area contributed by atoms with E-state index in [1.54, 1.807) is 18.3 Å². The second-order valence-corrected chi connectivity index (χ2v) is 8.46. The summed E-state index contributed by atoms with van der Waals surface area (Å²) in [5.41, 5.74) is 5.28. The Balaban J connectivity index is 1.61. The average molecular weight is 470 g/mol. The first-order valence-corrected chi connectivity index (χ1v) is 10.8. The minimum absolute atomic E-state index is 0.162. The van der Waals surface area contributed by atoms with Gasteiger partial charge in [-0.15, -0.1) is 6.58 Å². The summed E-state index contributed by atoms with van der Waals surface area (Å²) in [7, 11) is 0. The predicted molar refractivity (Wildman–Crippen MR) is 122 cm³/mol. The van der Waals surface area contributed by atoms with Gasteiger partial charge >= 0.3 is 6.18 Å². The summed E-state index contributed by atoms with van der Waals surface area (Å²) < 4.78 is 39.0. The summed E-state index contributed by atoms with van der Waals surface area (Å²) in [5, 5.41) is 6.69. The van der Waals surface area contributed by atoms with E-state index >= 15 is 0 Å². The minimum Gasteiger partial charge on any atom is -0.356 e. The van der Waals surface area contributed by atoms with Gasteiger partial charge in [0.15, 0.2) is 0 Å². The Labute approximate surface area is 195 Å². The van der Waals surface area contributed by atoms with Crippen LogP contribution in [0.15, 0.2) is 49.6 Å². The van der Waals surface area contributed by atoms with Gasteiger partial charge in [-0.2, -0.15) is 18.3 Å². The third kappa shape index (κ3) is 4.80. The van der Waals surface area contributed by atoms with Crippen molar-refractivity contribution < 1.29 is 18.0 Å². The highest BCUT2D eigenvalue weighted by Crippen LogP contribution is 2.39. The molecule has 10 heteroatoms. The summed E-state index contributed by atoms with van der Waals surface area (Å²) in [6.07, 6.45) is 3.31. The second-order valence-electron chi connectivity index (χ2n) is 8.46. The number of rotatable bonds is 6. The maximum absolute atomic E-state index is 12.7. The molecular formula is C24H25F3N6O. The molecule has 4 heterocycles. The van der Waals surface area contributed by atoms with Crippen molar-refractivity contribution in [1.29, 1.82) is 0 Å². The van der Waals surface area contributed by atoms with Gasteiger partial charge in [0.05, 0.1) is 34.9 Å². The number of aromatic nitrogens is 4. The summed E-state index contributed by atoms with van der Waals surface area (Å²) in [4.78, 5) is 23.5. The topological polar surface area (TPSA) is 75.9 Å². The molecule has 3 aromatic rings. The zero-order chi connectivity index (χ0) is 24.6. The first kappa shape index (κ1) is 23.5. The van der Waals surface area contributed by atoms with Crippen LogP contribution in [0, 0.1) is 6.92 Å². The van der Waals surface area contributed by atoms with Crippen LogP contribution < -0.4 is 10.2 Å². The Kier molecular flexibility index (Phi) is 6.16. The van der Waals surface area contributed by atoms with Crippen molar-refractivity contribution in [2.24, 2.45) is 0 Å². The fraction of sp³-hybridized carbons (Fsp3) is 0.333. The van der Waals surface area contributed by atoms with Crippen LogP contribution in [0.4, 0.5) is 18.9 Å². The van der Waals surface area contributed by atoms with Crippen molar-refractivity contribution in [3.8, 4) is 11.3 Å². The fourth-order valence-electron chi connectivity index (χ4n) is 4.02. The van der Waals surface area contributed by atoms with Crippen LogP contribution in [0.25, 0.3) is 11.3 Å². The summed E-state index contributed by atoms with van der Waals surface area (Å²) >= 11 is 0. The molecule has 2 unspecified atom stereocenters. The number of amides is 1. The number of hydrogen-bond acceptors (Lipinski definition) is 5. The molecule has 178 valence electrons. The average Bonchev–Trinajstić information content (AvgIpc) is 3.37. The number of alkyl halides is 3. The van der Waals surface area contributed by atoms with Gasteiger partial charge in [0.1, 0.15) is 6.54 Å². The molecule has 1 aliphatic heterocycles. The van der Waals surface area contributed by atoms with Gasteiger partial charge < -0.3 is 10.2 Å². The Hall–Kier alpha value is -3.69. The van der Waals surface area contributed by atoms with Crippen LogP contribution in [0.3, 0.4) is 0 Å². The van der Waals surface area contributed by atoms with E-state index in [9.17, 15) is 18.0 Å². The highest BCUT2D eigenvalue weighted by Gasteiger charge is 2.33. The molecule has 1 aliphatic rings. The standard InChI is InChI=1S/C24H25F3N6O/c1-5-15(3)30-23(34)18-7-17(8-28-9-18)21-6-14(2)20-12-33(16(4)22(20)31-21)19-10-29-32(11-19)13-24(25,26)27/h5-11,15-16H,1,12-13H2,2-4H3,(H,30,34). The van der Waals surface area contributed by atoms with Crippen molar-refractivity contribution in [3.63, 3.8) is 0 Å². The van der Waals surface area contributed by atoms with Crippen LogP contribution in [-0.4, -0.2) is 37.9 Å². The van der Waals surface area contributed by atoms with E-state index in [-0.39, 0.29) is 18.0 Å². The van der Waals surface area contributed by atoms with Crippen LogP contribution >= 0.6 is 0 Å². The van der Waals surface area contributed by atoms with E-state index in [4.69, 9.17) is 4.98 Å². The molecule has 0 spiro atoms. The normalized spacial score (nSPS) is 16.3. The van der Waals surface area contributed by atoms with Crippen molar-refractivity contribution in [2.45, 2.75) is 52.1 Å². The lowest BCUT2D eigenvalue weighted by Crippen LogP contribution is -2.30. The first-order valence-electron chi connectivity index (χ1n) is 10.8. The largest absolute Gasteiger partial charge is 0.408 e. The molecule has 0 aliphatic carbocycles. The zero-order valence-electron chi connectivity index (χ0n) is 19.1. The van der Waals surface area contributed by atoms with Crippen LogP contribution in [0.2, 0.25) is 0 Å². The van der Waals surface area contributed by atoms with Crippen molar-refractivity contribution >= 4 is 11.6 Å². The van der Waals surface area contributed by atoms with E-state index in [0.717, 1.165) is 21.5 Å². The Morgan fingerprint density at radius 1 is 1.32 bits per heavy atom. The summed E-state index contributed by atoms with van der Waals surface area (Å²) in [6, 6.07) is 3.34. The van der Waals surface area contributed by atoms with Gasteiger partial charge in [0.2, 0.25) is 0 Å². The molecule has 2 atom stereocenters. The van der Waals surface area contributed by atoms with Crippen LogP contribution in [0.1, 0.15) is 47.1 Å². The molecule has 0 saturated carbocycles. The summed E-state index contributed by atoms with van der Waals surface area (Å²) in [6.45, 7) is 8.82. The Morgan fingerprint density at radius 3 is 2.79 bits per heavy atom. The van der Waals surface area contributed by atoms with Crippen molar-refractivity contribution in [2.75, 3.05) is 4.90 Å². The van der Waals surface area contributed by atoms with Gasteiger partial charge in [-0.1, -0.05) is 6.08 Å². The smallest absolute Gasteiger partial charge is 0.356 e. The Bertz CT molecular complexity index is 1240. The first-order chi connectivity index (χ1) is 16.1. The lowest BCUT2D eigenvalue weighted by atomic mass is 10.0. The number of pyridine rings is 2. The molecule has 1 N–H and O–H groups in total. The third-order valence-electron chi connectivity index (χ3n) is 5.87. The lowest BCUT2D eigenvalue weighted by Gasteiger charge is -2.21. The quantitative estimate of drug-likeness (QED) is 0.533. The monoisotopic (exact) mass is 470 g/mol. The highest BCUT2D eigenvalue weighted by atomic mass is 19.4. The molecule has 1 amide bonds. The van der Waals surface area contributed by atoms with Crippen molar-refractivity contribution in [3.05, 3.63) is 72.0 Å². The molecule has 0 aromatic carbocycles. The number of carbonyl (C=O) groups is 1. The SMILES string of the molecule is C=CC(C)NC(=O)c1cncc(-c2cc(C)c3c(n2)C(C)N(c2cnn(CC(F)(F)F)c2)C3)c1. The van der Waals surface area contributed by atoms with E-state index in [0.29, 0.717) is 29.1 Å². The van der Waals surface area contributed by atoms with Crippen molar-refractivity contribution in [1.82, 2.24) is 25.1 Å². The minimum atomic E-state index is -4.33. The maximum atomic E-state index is 12.7. The molecule has 0 bridgehead atoms. The number of halogens is 3. The van der Waals surface area contributed by atoms with Gasteiger partial charge in [-0.3, -0.25) is 19.4 Å². The molecule has 34 heavy (non-hydrogen) atoms. The maximum Gasteiger partial charge on any atom is 0.408 e. The number of nitrogens with one attached hydrogen (secondary N) is 1. The van der Waals surface area contributed by atoms with Gasteiger partial charge in [0, 0.05) is 36.7 Å². The fourth-order valence-corrected chi connectivity index (χ4v) is 4.02. The molecule has 0 saturated heterocycles. The van der Waals surface area contributed by atoms with E-state index in [1.807, 2.05) is 31.7 Å². The molecule has 0 fully saturated rings. The second kappa shape index (κ2) is 8.92. The third-order valence-corrected chi connectivity index (χ3v) is 5.87. The number of hydrogen-bond donors (Lipinski definition) is 1. The van der Waals surface area contributed by atoms with Gasteiger partial charge in [0.25, 0.3) is 5.91 Å². The van der Waals surface area contributed by atoms with E-state index in [2.05, 4.69) is 22.0 Å². The molecule has 3 aromatic heterocycles. The predicted octanol–water partition coefficient (Wildman–Crippen LogP) is 4.60. The van der Waals surface area contributed by atoms with Crippen LogP contribution in [0.5, 0.6) is 0 Å². The number of nitrogens with zero attached hydrogens (tertiary/aromatic N) is 5. The summed E-state index contributed by atoms with van der Waals surface area (Å²) in [5.74, 6) is -0.255. The number of fused-ring (bicyclic) bond motifs is 1. The molecule has 0 radical (unpaired) electrons. The molecule has 4 rings (SSSR count). The number of aryl methyl sites for hydroxylation is 1. The molecular weight excluding hydrogens is 445 g/mol.